The largest absolute Gasteiger partial charge is 0.350 e. The van der Waals surface area contributed by atoms with E-state index in [2.05, 4.69) is 24.2 Å². The van der Waals surface area contributed by atoms with E-state index in [1.54, 1.807) is 6.07 Å². The van der Waals surface area contributed by atoms with Gasteiger partial charge in [0.2, 0.25) is 0 Å². The Kier molecular flexibility index (Phi) is 3.83. The van der Waals surface area contributed by atoms with E-state index in [9.17, 15) is 0 Å². The lowest BCUT2D eigenvalue weighted by molar-refractivity contribution is 1.03. The van der Waals surface area contributed by atoms with Crippen LogP contribution < -0.4 is 5.32 Å². The van der Waals surface area contributed by atoms with E-state index >= 15 is 0 Å². The van der Waals surface area contributed by atoms with E-state index in [0.29, 0.717) is 32.8 Å². The van der Waals surface area contributed by atoms with Crippen LogP contribution in [0.2, 0.25) is 20.4 Å². The van der Waals surface area contributed by atoms with Crippen LogP contribution in [0.5, 0.6) is 0 Å². The van der Waals surface area contributed by atoms with Crippen molar-refractivity contribution in [1.29, 1.82) is 0 Å². The van der Waals surface area contributed by atoms with Crippen molar-refractivity contribution < 1.29 is 0 Å². The van der Waals surface area contributed by atoms with Crippen LogP contribution in [0.3, 0.4) is 0 Å². The van der Waals surface area contributed by atoms with Crippen molar-refractivity contribution in [1.82, 2.24) is 10.2 Å². The minimum atomic E-state index is 0.164. The molecule has 0 aliphatic carbocycles. The molecular weight excluding hydrogens is 364 g/mol. The lowest BCUT2D eigenvalue weighted by Crippen LogP contribution is -1.96. The molecule has 2 aromatic rings. The van der Waals surface area contributed by atoms with E-state index < -0.39 is 0 Å². The standard InChI is InChI=1S/C10H3Cl4N5S/c11-3-1-4(12)8-9(19-20-18-8)7(3)15-5-2-6(13)16-17-10(5)14/h1-2H,(H,15,16). The molecular formula is C10H3Cl4N5S. The first-order valence-electron chi connectivity index (χ1n) is 5.12. The zero-order chi connectivity index (χ0) is 14.3. The van der Waals surface area contributed by atoms with Crippen molar-refractivity contribution >= 4 is 80.5 Å². The van der Waals surface area contributed by atoms with E-state index in [-0.39, 0.29) is 10.3 Å². The maximum absolute atomic E-state index is 6.19. The third-order valence-electron chi connectivity index (χ3n) is 2.42. The molecule has 1 aliphatic heterocycles. The minimum absolute atomic E-state index is 0.164. The van der Waals surface area contributed by atoms with Crippen molar-refractivity contribution in [2.75, 3.05) is 5.32 Å². The van der Waals surface area contributed by atoms with Gasteiger partial charge in [0.25, 0.3) is 0 Å². The van der Waals surface area contributed by atoms with Crippen molar-refractivity contribution in [2.24, 2.45) is 8.73 Å². The average molecular weight is 367 g/mol. The lowest BCUT2D eigenvalue weighted by Gasteiger charge is -2.12. The second kappa shape index (κ2) is 5.46. The molecule has 1 aromatic heterocycles. The van der Waals surface area contributed by atoms with Crippen LogP contribution in [0, 0.1) is 0 Å². The summed E-state index contributed by atoms with van der Waals surface area (Å²) < 4.78 is 8.29. The predicted octanol–water partition coefficient (Wildman–Crippen LogP) is 5.56. The van der Waals surface area contributed by atoms with Crippen molar-refractivity contribution in [2.45, 2.75) is 0 Å². The van der Waals surface area contributed by atoms with Gasteiger partial charge in [-0.25, -0.2) is 0 Å². The first-order valence-corrected chi connectivity index (χ1v) is 7.36. The van der Waals surface area contributed by atoms with Crippen LogP contribution >= 0.6 is 46.4 Å². The quantitative estimate of drug-likeness (QED) is 0.645. The SMILES string of the molecule is Clc1cc(Nc2c(Cl)cc(Cl)c3c2N=S=N3)c(Cl)nn1. The van der Waals surface area contributed by atoms with Gasteiger partial charge in [0.05, 0.1) is 32.8 Å². The lowest BCUT2D eigenvalue weighted by atomic mass is 10.2. The Balaban J connectivity index is 2.11. The summed E-state index contributed by atoms with van der Waals surface area (Å²) in [6.07, 6.45) is 0. The zero-order valence-electron chi connectivity index (χ0n) is 9.36. The monoisotopic (exact) mass is 365 g/mol. The van der Waals surface area contributed by atoms with Crippen LogP contribution in [0.4, 0.5) is 22.7 Å². The number of benzene rings is 1. The molecule has 0 radical (unpaired) electrons. The highest BCUT2D eigenvalue weighted by atomic mass is 35.5. The Bertz CT molecular complexity index is 788. The van der Waals surface area contributed by atoms with Gasteiger partial charge in [0.1, 0.15) is 11.4 Å². The second-order valence-electron chi connectivity index (χ2n) is 3.67. The Morgan fingerprint density at radius 3 is 2.45 bits per heavy atom. The summed E-state index contributed by atoms with van der Waals surface area (Å²) in [6, 6.07) is 3.12. The molecule has 102 valence electrons. The normalized spacial score (nSPS) is 12.2. The van der Waals surface area contributed by atoms with Gasteiger partial charge in [-0.05, 0) is 6.07 Å². The topological polar surface area (TPSA) is 62.5 Å². The van der Waals surface area contributed by atoms with Crippen LogP contribution in [0.1, 0.15) is 0 Å². The van der Waals surface area contributed by atoms with Gasteiger partial charge in [-0.2, -0.15) is 8.73 Å². The molecule has 0 unspecified atom stereocenters. The molecule has 0 spiro atoms. The number of hydrogen-bond acceptors (Lipinski definition) is 5. The number of nitrogens with zero attached hydrogens (tertiary/aromatic N) is 4. The van der Waals surface area contributed by atoms with Gasteiger partial charge in [0.15, 0.2) is 10.3 Å². The summed E-state index contributed by atoms with van der Waals surface area (Å²) in [5.74, 6) is 0. The summed E-state index contributed by atoms with van der Waals surface area (Å²) in [6.45, 7) is 0. The Labute approximate surface area is 137 Å². The molecule has 20 heavy (non-hydrogen) atoms. The Morgan fingerprint density at radius 2 is 1.65 bits per heavy atom. The predicted molar refractivity (Wildman–Crippen MR) is 83.3 cm³/mol. The van der Waals surface area contributed by atoms with Crippen LogP contribution in [0.25, 0.3) is 0 Å². The van der Waals surface area contributed by atoms with Crippen molar-refractivity contribution in [3.8, 4) is 0 Å². The number of halogens is 4. The number of hydrogen-bond donors (Lipinski definition) is 1. The van der Waals surface area contributed by atoms with Crippen LogP contribution in [-0.2, 0) is 11.4 Å². The summed E-state index contributed by atoms with van der Waals surface area (Å²) in [4.78, 5) is 0. The first kappa shape index (κ1) is 14.0. The number of nitrogens with one attached hydrogen (secondary N) is 1. The molecule has 0 amide bonds. The van der Waals surface area contributed by atoms with Crippen LogP contribution in [0.15, 0.2) is 20.9 Å². The van der Waals surface area contributed by atoms with Gasteiger partial charge < -0.3 is 5.32 Å². The molecule has 3 rings (SSSR count). The highest BCUT2D eigenvalue weighted by Crippen LogP contribution is 2.48. The van der Waals surface area contributed by atoms with E-state index in [4.69, 9.17) is 46.4 Å². The second-order valence-corrected chi connectivity index (χ2v) is 5.76. The van der Waals surface area contributed by atoms with Gasteiger partial charge >= 0.3 is 0 Å². The third kappa shape index (κ3) is 2.49. The minimum Gasteiger partial charge on any atom is -0.350 e. The fraction of sp³-hybridized carbons (Fsp3) is 0. The van der Waals surface area contributed by atoms with Crippen LogP contribution in [-0.4, -0.2) is 10.2 Å². The van der Waals surface area contributed by atoms with Gasteiger partial charge in [-0.15, -0.1) is 10.2 Å². The van der Waals surface area contributed by atoms with E-state index in [1.165, 1.54) is 6.07 Å². The molecule has 0 saturated heterocycles. The summed E-state index contributed by atoms with van der Waals surface area (Å²) >= 11 is 25.0. The fourth-order valence-corrected chi connectivity index (χ4v) is 3.01. The smallest absolute Gasteiger partial charge is 0.175 e. The number of fused-ring (bicyclic) bond motifs is 1. The van der Waals surface area contributed by atoms with Gasteiger partial charge in [-0.1, -0.05) is 46.4 Å². The van der Waals surface area contributed by atoms with Gasteiger partial charge in [0, 0.05) is 6.07 Å². The zero-order valence-corrected chi connectivity index (χ0v) is 13.2. The molecule has 10 heteroatoms. The molecule has 1 aromatic carbocycles. The molecule has 0 saturated carbocycles. The Morgan fingerprint density at radius 1 is 0.900 bits per heavy atom. The third-order valence-corrected chi connectivity index (χ3v) is 4.00. The summed E-state index contributed by atoms with van der Waals surface area (Å²) in [5, 5.41) is 11.6. The number of aromatic nitrogens is 2. The molecule has 0 atom stereocenters. The maximum Gasteiger partial charge on any atom is 0.175 e. The first-order chi connectivity index (χ1) is 9.56. The molecule has 1 aliphatic rings. The number of rotatable bonds is 2. The molecule has 0 bridgehead atoms. The van der Waals surface area contributed by atoms with E-state index in [0.717, 1.165) is 11.4 Å². The maximum atomic E-state index is 6.19. The fourth-order valence-electron chi connectivity index (χ4n) is 1.57. The number of anilines is 2. The molecule has 2 heterocycles. The molecule has 0 fully saturated rings. The van der Waals surface area contributed by atoms with Gasteiger partial charge in [-0.3, -0.25) is 0 Å². The highest BCUT2D eigenvalue weighted by Gasteiger charge is 2.19. The summed E-state index contributed by atoms with van der Waals surface area (Å²) in [5.41, 5.74) is 2.11. The van der Waals surface area contributed by atoms with Crippen molar-refractivity contribution in [3.05, 3.63) is 32.5 Å². The Hall–Kier alpha value is -0.920. The molecule has 1 N–H and O–H groups in total. The average Bonchev–Trinajstić information content (AvgIpc) is 2.88. The van der Waals surface area contributed by atoms with E-state index in [1.807, 2.05) is 0 Å². The summed E-state index contributed by atoms with van der Waals surface area (Å²) in [7, 11) is 0. The van der Waals surface area contributed by atoms with Crippen molar-refractivity contribution in [3.63, 3.8) is 0 Å². The highest BCUT2D eigenvalue weighted by molar-refractivity contribution is 7.58. The molecule has 5 nitrogen and oxygen atoms in total.